The van der Waals surface area contributed by atoms with Crippen molar-refractivity contribution in [3.63, 3.8) is 0 Å². The minimum absolute atomic E-state index is 0.0303. The quantitative estimate of drug-likeness (QED) is 0.851. The Hall–Kier alpha value is -1.21. The highest BCUT2D eigenvalue weighted by atomic mass is 32.2. The van der Waals surface area contributed by atoms with Crippen LogP contribution in [0.1, 0.15) is 5.56 Å². The summed E-state index contributed by atoms with van der Waals surface area (Å²) < 4.78 is 55.5. The normalized spacial score (nSPS) is 17.5. The molecule has 0 saturated carbocycles. The van der Waals surface area contributed by atoms with Crippen molar-refractivity contribution in [3.8, 4) is 5.75 Å². The lowest BCUT2D eigenvalue weighted by atomic mass is 10.1. The standard InChI is InChI=1S/C12H15F2NO3S/c1-8-3-4-10(18-2)11(5-8)19(16,17)15-6-9(7-15)12(13)14/h3-5,9,12H,6-7H2,1-2H3. The van der Waals surface area contributed by atoms with Crippen LogP contribution in [0, 0.1) is 12.8 Å². The molecule has 106 valence electrons. The van der Waals surface area contributed by atoms with Gasteiger partial charge in [0.25, 0.3) is 0 Å². The van der Waals surface area contributed by atoms with E-state index in [4.69, 9.17) is 4.74 Å². The summed E-state index contributed by atoms with van der Waals surface area (Å²) in [4.78, 5) is 0.0303. The molecule has 7 heteroatoms. The topological polar surface area (TPSA) is 46.6 Å². The molecule has 1 aromatic carbocycles. The first-order chi connectivity index (χ1) is 8.86. The molecule has 1 aliphatic rings. The van der Waals surface area contributed by atoms with Gasteiger partial charge in [0.05, 0.1) is 7.11 Å². The number of methoxy groups -OCH3 is 1. The Morgan fingerprint density at radius 1 is 1.37 bits per heavy atom. The molecule has 0 aromatic heterocycles. The number of hydrogen-bond acceptors (Lipinski definition) is 3. The van der Waals surface area contributed by atoms with Crippen molar-refractivity contribution in [3.05, 3.63) is 23.8 Å². The van der Waals surface area contributed by atoms with Crippen LogP contribution in [0.3, 0.4) is 0 Å². The van der Waals surface area contributed by atoms with Gasteiger partial charge in [-0.05, 0) is 24.6 Å². The molecule has 0 N–H and O–H groups in total. The number of alkyl halides is 2. The second kappa shape index (κ2) is 5.05. The van der Waals surface area contributed by atoms with Crippen molar-refractivity contribution >= 4 is 10.0 Å². The lowest BCUT2D eigenvalue weighted by molar-refractivity contribution is 0.0123. The van der Waals surface area contributed by atoms with Crippen molar-refractivity contribution in [1.29, 1.82) is 0 Å². The van der Waals surface area contributed by atoms with Gasteiger partial charge in [-0.1, -0.05) is 6.07 Å². The van der Waals surface area contributed by atoms with E-state index in [0.717, 1.165) is 9.87 Å². The van der Waals surface area contributed by atoms with Crippen LogP contribution in [-0.2, 0) is 10.0 Å². The van der Waals surface area contributed by atoms with Gasteiger partial charge in [0.15, 0.2) is 0 Å². The summed E-state index contributed by atoms with van der Waals surface area (Å²) >= 11 is 0. The number of rotatable bonds is 4. The molecule has 1 heterocycles. The average Bonchev–Trinajstić information content (AvgIpc) is 2.25. The zero-order chi connectivity index (χ0) is 14.2. The van der Waals surface area contributed by atoms with Gasteiger partial charge in [-0.25, -0.2) is 17.2 Å². The lowest BCUT2D eigenvalue weighted by Crippen LogP contribution is -2.52. The number of ether oxygens (including phenoxy) is 1. The Labute approximate surface area is 111 Å². The monoisotopic (exact) mass is 291 g/mol. The molecule has 0 amide bonds. The summed E-state index contributed by atoms with van der Waals surface area (Å²) in [7, 11) is -2.38. The summed E-state index contributed by atoms with van der Waals surface area (Å²) in [5.74, 6) is -0.642. The van der Waals surface area contributed by atoms with Crippen molar-refractivity contribution in [1.82, 2.24) is 4.31 Å². The van der Waals surface area contributed by atoms with Crippen LogP contribution in [0.25, 0.3) is 0 Å². The first-order valence-corrected chi connectivity index (χ1v) is 7.23. The molecule has 0 bridgehead atoms. The molecule has 0 unspecified atom stereocenters. The fourth-order valence-corrected chi connectivity index (χ4v) is 3.74. The maximum atomic E-state index is 12.4. The summed E-state index contributed by atoms with van der Waals surface area (Å²) in [5, 5.41) is 0. The second-order valence-electron chi connectivity index (χ2n) is 4.57. The van der Waals surface area contributed by atoms with Gasteiger partial charge < -0.3 is 4.74 Å². The van der Waals surface area contributed by atoms with E-state index in [2.05, 4.69) is 0 Å². The van der Waals surface area contributed by atoms with Gasteiger partial charge in [0, 0.05) is 19.0 Å². The molecule has 0 atom stereocenters. The molecule has 0 aliphatic carbocycles. The zero-order valence-electron chi connectivity index (χ0n) is 10.6. The Kier molecular flexibility index (Phi) is 3.78. The maximum Gasteiger partial charge on any atom is 0.246 e. The van der Waals surface area contributed by atoms with E-state index in [1.807, 2.05) is 0 Å². The predicted octanol–water partition coefficient (Wildman–Crippen LogP) is 1.89. The summed E-state index contributed by atoms with van der Waals surface area (Å²) in [5.41, 5.74) is 0.769. The van der Waals surface area contributed by atoms with Crippen LogP contribution in [0.4, 0.5) is 8.78 Å². The minimum atomic E-state index is -3.76. The highest BCUT2D eigenvalue weighted by Gasteiger charge is 2.42. The Balaban J connectivity index is 2.29. The van der Waals surface area contributed by atoms with E-state index >= 15 is 0 Å². The number of nitrogens with zero attached hydrogens (tertiary/aromatic N) is 1. The molecule has 1 fully saturated rings. The van der Waals surface area contributed by atoms with Gasteiger partial charge in [-0.3, -0.25) is 0 Å². The average molecular weight is 291 g/mol. The van der Waals surface area contributed by atoms with Crippen LogP contribution in [0.5, 0.6) is 5.75 Å². The molecule has 0 spiro atoms. The molecular formula is C12H15F2NO3S. The highest BCUT2D eigenvalue weighted by Crippen LogP contribution is 2.33. The Bertz CT molecular complexity index is 568. The van der Waals surface area contributed by atoms with Crippen molar-refractivity contribution in [2.24, 2.45) is 5.92 Å². The molecule has 19 heavy (non-hydrogen) atoms. The van der Waals surface area contributed by atoms with E-state index in [0.29, 0.717) is 0 Å². The molecule has 1 aromatic rings. The Morgan fingerprint density at radius 2 is 2.00 bits per heavy atom. The van der Waals surface area contributed by atoms with E-state index < -0.39 is 22.4 Å². The minimum Gasteiger partial charge on any atom is -0.495 e. The van der Waals surface area contributed by atoms with E-state index in [1.165, 1.54) is 13.2 Å². The van der Waals surface area contributed by atoms with Gasteiger partial charge in [-0.15, -0.1) is 0 Å². The van der Waals surface area contributed by atoms with Crippen LogP contribution in [0.15, 0.2) is 23.1 Å². The van der Waals surface area contributed by atoms with Crippen LogP contribution < -0.4 is 4.74 Å². The smallest absolute Gasteiger partial charge is 0.246 e. The molecule has 0 radical (unpaired) electrons. The lowest BCUT2D eigenvalue weighted by Gasteiger charge is -2.37. The third-order valence-corrected chi connectivity index (χ3v) is 5.02. The van der Waals surface area contributed by atoms with Gasteiger partial charge >= 0.3 is 0 Å². The summed E-state index contributed by atoms with van der Waals surface area (Å²) in [6.07, 6.45) is -2.48. The summed E-state index contributed by atoms with van der Waals surface area (Å²) in [6.45, 7) is 1.48. The highest BCUT2D eigenvalue weighted by molar-refractivity contribution is 7.89. The number of aryl methyl sites for hydroxylation is 1. The van der Waals surface area contributed by atoms with E-state index in [-0.39, 0.29) is 23.7 Å². The third kappa shape index (κ3) is 2.57. The summed E-state index contributed by atoms with van der Waals surface area (Å²) in [6, 6.07) is 4.78. The van der Waals surface area contributed by atoms with Crippen molar-refractivity contribution in [2.75, 3.05) is 20.2 Å². The van der Waals surface area contributed by atoms with Gasteiger partial charge in [0.1, 0.15) is 10.6 Å². The SMILES string of the molecule is COc1ccc(C)cc1S(=O)(=O)N1CC(C(F)F)C1. The largest absolute Gasteiger partial charge is 0.495 e. The van der Waals surface area contributed by atoms with Crippen LogP contribution >= 0.6 is 0 Å². The molecule has 2 rings (SSSR count). The molecular weight excluding hydrogens is 276 g/mol. The predicted molar refractivity (Wildman–Crippen MR) is 66.0 cm³/mol. The van der Waals surface area contributed by atoms with Gasteiger partial charge in [0.2, 0.25) is 16.4 Å². The maximum absolute atomic E-state index is 12.4. The fourth-order valence-electron chi connectivity index (χ4n) is 1.95. The number of sulfonamides is 1. The number of hydrogen-bond donors (Lipinski definition) is 0. The second-order valence-corrected chi connectivity index (χ2v) is 6.48. The van der Waals surface area contributed by atoms with Crippen LogP contribution in [-0.4, -0.2) is 39.3 Å². The molecule has 1 saturated heterocycles. The van der Waals surface area contributed by atoms with E-state index in [9.17, 15) is 17.2 Å². The first-order valence-electron chi connectivity index (χ1n) is 5.79. The van der Waals surface area contributed by atoms with E-state index in [1.54, 1.807) is 19.1 Å². The van der Waals surface area contributed by atoms with Crippen molar-refractivity contribution < 1.29 is 21.9 Å². The fraction of sp³-hybridized carbons (Fsp3) is 0.500. The first kappa shape index (κ1) is 14.2. The number of benzene rings is 1. The zero-order valence-corrected chi connectivity index (χ0v) is 11.5. The van der Waals surface area contributed by atoms with Crippen molar-refractivity contribution in [2.45, 2.75) is 18.2 Å². The third-order valence-electron chi connectivity index (χ3n) is 3.17. The Morgan fingerprint density at radius 3 is 2.53 bits per heavy atom. The number of halogens is 2. The van der Waals surface area contributed by atoms with Crippen LogP contribution in [0.2, 0.25) is 0 Å². The van der Waals surface area contributed by atoms with Gasteiger partial charge in [-0.2, -0.15) is 4.31 Å². The molecule has 4 nitrogen and oxygen atoms in total. The molecule has 1 aliphatic heterocycles.